The summed E-state index contributed by atoms with van der Waals surface area (Å²) < 4.78 is 16.5. The van der Waals surface area contributed by atoms with Crippen LogP contribution in [0.1, 0.15) is 37.8 Å². The quantitative estimate of drug-likeness (QED) is 0.605. The molecule has 1 unspecified atom stereocenters. The minimum absolute atomic E-state index is 0.265. The van der Waals surface area contributed by atoms with E-state index in [1.165, 1.54) is 5.56 Å². The van der Waals surface area contributed by atoms with Gasteiger partial charge in [-0.05, 0) is 42.2 Å². The molecule has 0 spiro atoms. The standard InChI is InChI=1S/C21H27NO5/c1-4-25-19(21(23)24)13-16-9-10-22-20(14-16)27-12-11-26-18-7-5-17(6-8-18)15(2)3/h5-10,14-15,19H,4,11-13H2,1-3H3,(H,23,24). The van der Waals surface area contributed by atoms with Gasteiger partial charge in [0, 0.05) is 25.3 Å². The molecule has 0 aliphatic heterocycles. The molecule has 146 valence electrons. The summed E-state index contributed by atoms with van der Waals surface area (Å²) in [6, 6.07) is 11.5. The average molecular weight is 373 g/mol. The highest BCUT2D eigenvalue weighted by molar-refractivity contribution is 5.72. The van der Waals surface area contributed by atoms with Crippen LogP contribution >= 0.6 is 0 Å². The monoisotopic (exact) mass is 373 g/mol. The summed E-state index contributed by atoms with van der Waals surface area (Å²) in [6.07, 6.45) is 0.990. The summed E-state index contributed by atoms with van der Waals surface area (Å²) in [5.41, 5.74) is 2.07. The van der Waals surface area contributed by atoms with Gasteiger partial charge in [-0.2, -0.15) is 0 Å². The van der Waals surface area contributed by atoms with Crippen LogP contribution in [0.25, 0.3) is 0 Å². The number of aromatic nitrogens is 1. The van der Waals surface area contributed by atoms with Crippen molar-refractivity contribution in [3.05, 3.63) is 53.7 Å². The van der Waals surface area contributed by atoms with Gasteiger partial charge in [0.15, 0.2) is 6.10 Å². The topological polar surface area (TPSA) is 77.9 Å². The number of carbonyl (C=O) groups is 1. The molecule has 27 heavy (non-hydrogen) atoms. The van der Waals surface area contributed by atoms with Gasteiger partial charge < -0.3 is 19.3 Å². The van der Waals surface area contributed by atoms with Gasteiger partial charge >= 0.3 is 5.97 Å². The van der Waals surface area contributed by atoms with Crippen LogP contribution in [-0.2, 0) is 16.0 Å². The Balaban J connectivity index is 1.81. The second kappa shape index (κ2) is 10.5. The van der Waals surface area contributed by atoms with Crippen LogP contribution in [0.2, 0.25) is 0 Å². The maximum atomic E-state index is 11.2. The summed E-state index contributed by atoms with van der Waals surface area (Å²) in [7, 11) is 0. The van der Waals surface area contributed by atoms with E-state index in [1.54, 1.807) is 25.3 Å². The summed E-state index contributed by atoms with van der Waals surface area (Å²) >= 11 is 0. The Kier molecular flexibility index (Phi) is 8.07. The first kappa shape index (κ1) is 20.7. The van der Waals surface area contributed by atoms with Crippen molar-refractivity contribution in [1.82, 2.24) is 4.98 Å². The van der Waals surface area contributed by atoms with Gasteiger partial charge in [0.1, 0.15) is 19.0 Å². The first-order chi connectivity index (χ1) is 13.0. The van der Waals surface area contributed by atoms with E-state index in [-0.39, 0.29) is 6.42 Å². The number of nitrogens with zero attached hydrogens (tertiary/aromatic N) is 1. The van der Waals surface area contributed by atoms with Gasteiger partial charge in [-0.3, -0.25) is 0 Å². The number of benzene rings is 1. The first-order valence-electron chi connectivity index (χ1n) is 9.14. The van der Waals surface area contributed by atoms with Crippen LogP contribution < -0.4 is 9.47 Å². The minimum atomic E-state index is -0.979. The summed E-state index contributed by atoms with van der Waals surface area (Å²) in [4.78, 5) is 15.3. The third kappa shape index (κ3) is 6.90. The molecule has 6 nitrogen and oxygen atoms in total. The SMILES string of the molecule is CCOC(Cc1ccnc(OCCOc2ccc(C(C)C)cc2)c1)C(=O)O. The van der Waals surface area contributed by atoms with Gasteiger partial charge in [-0.25, -0.2) is 9.78 Å². The Morgan fingerprint density at radius 3 is 2.44 bits per heavy atom. The van der Waals surface area contributed by atoms with Crippen LogP contribution in [0.3, 0.4) is 0 Å². The van der Waals surface area contributed by atoms with Crippen molar-refractivity contribution in [3.63, 3.8) is 0 Å². The third-order valence-corrected chi connectivity index (χ3v) is 4.01. The molecule has 1 aromatic heterocycles. The third-order valence-electron chi connectivity index (χ3n) is 4.01. The molecule has 0 saturated carbocycles. The fraction of sp³-hybridized carbons (Fsp3) is 0.429. The van der Waals surface area contributed by atoms with Crippen LogP contribution in [0.15, 0.2) is 42.6 Å². The summed E-state index contributed by atoms with van der Waals surface area (Å²) in [5, 5.41) is 9.18. The highest BCUT2D eigenvalue weighted by atomic mass is 16.5. The molecular formula is C21H27NO5. The minimum Gasteiger partial charge on any atom is -0.490 e. The molecule has 0 bridgehead atoms. The normalized spacial score (nSPS) is 12.0. The fourth-order valence-electron chi connectivity index (χ4n) is 2.54. The number of hydrogen-bond acceptors (Lipinski definition) is 5. The molecule has 0 fully saturated rings. The lowest BCUT2D eigenvalue weighted by molar-refractivity contribution is -0.149. The zero-order valence-electron chi connectivity index (χ0n) is 16.1. The van der Waals surface area contributed by atoms with Gasteiger partial charge in [0.25, 0.3) is 0 Å². The second-order valence-corrected chi connectivity index (χ2v) is 6.41. The van der Waals surface area contributed by atoms with Crippen molar-refractivity contribution in [2.45, 2.75) is 39.2 Å². The molecule has 1 atom stereocenters. The molecule has 2 aromatic rings. The molecule has 0 saturated heterocycles. The molecule has 2 rings (SSSR count). The van der Waals surface area contributed by atoms with Crippen LogP contribution in [0.5, 0.6) is 11.6 Å². The number of pyridine rings is 1. The highest BCUT2D eigenvalue weighted by Crippen LogP contribution is 2.18. The van der Waals surface area contributed by atoms with E-state index in [4.69, 9.17) is 14.2 Å². The smallest absolute Gasteiger partial charge is 0.333 e. The van der Waals surface area contributed by atoms with E-state index in [1.807, 2.05) is 12.1 Å². The summed E-state index contributed by atoms with van der Waals surface area (Å²) in [5.74, 6) is 0.745. The van der Waals surface area contributed by atoms with E-state index >= 15 is 0 Å². The molecular weight excluding hydrogens is 346 g/mol. The number of carboxylic acids is 1. The van der Waals surface area contributed by atoms with Crippen LogP contribution in [0.4, 0.5) is 0 Å². The van der Waals surface area contributed by atoms with Crippen molar-refractivity contribution in [3.8, 4) is 11.6 Å². The predicted octanol–water partition coefficient (Wildman–Crippen LogP) is 3.70. The predicted molar refractivity (Wildman–Crippen MR) is 103 cm³/mol. The van der Waals surface area contributed by atoms with E-state index in [2.05, 4.69) is 31.0 Å². The van der Waals surface area contributed by atoms with Gasteiger partial charge in [-0.15, -0.1) is 0 Å². The molecule has 0 aliphatic carbocycles. The van der Waals surface area contributed by atoms with Gasteiger partial charge in [0.2, 0.25) is 5.88 Å². The molecule has 0 amide bonds. The van der Waals surface area contributed by atoms with Crippen molar-refractivity contribution in [2.24, 2.45) is 0 Å². The molecule has 1 heterocycles. The highest BCUT2D eigenvalue weighted by Gasteiger charge is 2.18. The zero-order valence-corrected chi connectivity index (χ0v) is 16.1. The second-order valence-electron chi connectivity index (χ2n) is 6.41. The van der Waals surface area contributed by atoms with Crippen LogP contribution in [-0.4, -0.2) is 42.0 Å². The largest absolute Gasteiger partial charge is 0.490 e. The molecule has 1 aromatic carbocycles. The van der Waals surface area contributed by atoms with Crippen molar-refractivity contribution >= 4 is 5.97 Å². The van der Waals surface area contributed by atoms with E-state index in [9.17, 15) is 9.90 Å². The molecule has 6 heteroatoms. The van der Waals surface area contributed by atoms with Gasteiger partial charge in [-0.1, -0.05) is 26.0 Å². The average Bonchev–Trinajstić information content (AvgIpc) is 2.65. The van der Waals surface area contributed by atoms with Crippen molar-refractivity contribution < 1.29 is 24.1 Å². The number of ether oxygens (including phenoxy) is 3. The van der Waals surface area contributed by atoms with E-state index in [0.29, 0.717) is 31.6 Å². The lowest BCUT2D eigenvalue weighted by atomic mass is 10.0. The summed E-state index contributed by atoms with van der Waals surface area (Å²) in [6.45, 7) is 7.16. The number of aliphatic carboxylic acids is 1. The molecule has 0 aliphatic rings. The fourth-order valence-corrected chi connectivity index (χ4v) is 2.54. The number of rotatable bonds is 11. The lowest BCUT2D eigenvalue weighted by Crippen LogP contribution is -2.26. The number of hydrogen-bond donors (Lipinski definition) is 1. The molecule has 0 radical (unpaired) electrons. The van der Waals surface area contributed by atoms with Gasteiger partial charge in [0.05, 0.1) is 0 Å². The Morgan fingerprint density at radius 2 is 1.81 bits per heavy atom. The van der Waals surface area contributed by atoms with Crippen molar-refractivity contribution in [1.29, 1.82) is 0 Å². The zero-order chi connectivity index (χ0) is 19.6. The Labute approximate surface area is 160 Å². The van der Waals surface area contributed by atoms with Crippen molar-refractivity contribution in [2.75, 3.05) is 19.8 Å². The maximum Gasteiger partial charge on any atom is 0.333 e. The molecule has 1 N–H and O–H groups in total. The van der Waals surface area contributed by atoms with Crippen LogP contribution in [0, 0.1) is 0 Å². The van der Waals surface area contributed by atoms with E-state index < -0.39 is 12.1 Å². The Morgan fingerprint density at radius 1 is 1.11 bits per heavy atom. The van der Waals surface area contributed by atoms with E-state index in [0.717, 1.165) is 11.3 Å². The number of carboxylic acid groups (broad SMARTS) is 1. The Hall–Kier alpha value is -2.60. The Bertz CT molecular complexity index is 715. The lowest BCUT2D eigenvalue weighted by Gasteiger charge is -2.13. The maximum absolute atomic E-state index is 11.2. The first-order valence-corrected chi connectivity index (χ1v) is 9.14.